The number of nitrogen functional groups attached to an aromatic ring is 1. The fraction of sp³-hybridized carbons (Fsp3) is 0.143. The van der Waals surface area contributed by atoms with Gasteiger partial charge in [-0.3, -0.25) is 0 Å². The fourth-order valence-corrected chi connectivity index (χ4v) is 3.47. The second-order valence-electron chi connectivity index (χ2n) is 4.43. The Morgan fingerprint density at radius 3 is 2.30 bits per heavy atom. The Bertz CT molecular complexity index is 699. The summed E-state index contributed by atoms with van der Waals surface area (Å²) in [6.45, 7) is 1.79. The van der Waals surface area contributed by atoms with Crippen molar-refractivity contribution in [3.63, 3.8) is 0 Å². The van der Waals surface area contributed by atoms with Gasteiger partial charge in [0.15, 0.2) is 0 Å². The van der Waals surface area contributed by atoms with E-state index in [2.05, 4.69) is 20.7 Å². The molecule has 0 spiro atoms. The summed E-state index contributed by atoms with van der Waals surface area (Å²) < 4.78 is 28.2. The first-order valence-corrected chi connectivity index (χ1v) is 8.30. The zero-order chi connectivity index (χ0) is 14.8. The Balaban J connectivity index is 2.24. The number of nitrogens with two attached hydrogens (primary N) is 1. The number of hydrogen-bond acceptors (Lipinski definition) is 3. The summed E-state index contributed by atoms with van der Waals surface area (Å²) in [7, 11) is -3.64. The van der Waals surface area contributed by atoms with E-state index in [1.165, 1.54) is 6.07 Å². The Morgan fingerprint density at radius 2 is 1.70 bits per heavy atom. The maximum Gasteiger partial charge on any atom is 0.243 e. The zero-order valence-corrected chi connectivity index (χ0v) is 13.3. The summed E-state index contributed by atoms with van der Waals surface area (Å²) >= 11 is 3.35. The predicted molar refractivity (Wildman–Crippen MR) is 83.7 cm³/mol. The maximum absolute atomic E-state index is 12.3. The summed E-state index contributed by atoms with van der Waals surface area (Å²) in [5, 5.41) is 0. The van der Waals surface area contributed by atoms with Gasteiger partial charge in [0.05, 0.1) is 5.69 Å². The van der Waals surface area contributed by atoms with Crippen molar-refractivity contribution in [3.8, 4) is 0 Å². The monoisotopic (exact) mass is 354 g/mol. The SMILES string of the molecule is C[C@H](NS(=O)(=O)c1ccccc1N)c1ccc(Br)cc1. The molecule has 3 N–H and O–H groups in total. The maximum atomic E-state index is 12.3. The highest BCUT2D eigenvalue weighted by Crippen LogP contribution is 2.22. The Kier molecular flexibility index (Phi) is 4.47. The summed E-state index contributed by atoms with van der Waals surface area (Å²) in [5.41, 5.74) is 6.84. The number of halogens is 1. The third-order valence-corrected chi connectivity index (χ3v) is 5.05. The van der Waals surface area contributed by atoms with Gasteiger partial charge in [0.2, 0.25) is 10.0 Å². The van der Waals surface area contributed by atoms with Crippen molar-refractivity contribution in [1.29, 1.82) is 0 Å². The molecule has 20 heavy (non-hydrogen) atoms. The van der Waals surface area contributed by atoms with E-state index in [1.54, 1.807) is 25.1 Å². The first-order valence-electron chi connectivity index (χ1n) is 6.02. The van der Waals surface area contributed by atoms with Crippen molar-refractivity contribution in [2.24, 2.45) is 0 Å². The van der Waals surface area contributed by atoms with Crippen LogP contribution in [0.5, 0.6) is 0 Å². The van der Waals surface area contributed by atoms with Crippen LogP contribution in [0.15, 0.2) is 57.9 Å². The minimum Gasteiger partial charge on any atom is -0.398 e. The number of hydrogen-bond donors (Lipinski definition) is 2. The number of anilines is 1. The Hall–Kier alpha value is -1.37. The molecular weight excluding hydrogens is 340 g/mol. The molecule has 0 aromatic heterocycles. The molecule has 0 saturated carbocycles. The standard InChI is InChI=1S/C14H15BrN2O2S/c1-10(11-6-8-12(15)9-7-11)17-20(18,19)14-5-3-2-4-13(14)16/h2-10,17H,16H2,1H3/t10-/m0/s1. The number of rotatable bonds is 4. The molecule has 0 aliphatic rings. The zero-order valence-electron chi connectivity index (χ0n) is 10.9. The average molecular weight is 355 g/mol. The molecule has 106 valence electrons. The van der Waals surface area contributed by atoms with Crippen molar-refractivity contribution in [2.45, 2.75) is 17.9 Å². The molecule has 0 saturated heterocycles. The van der Waals surface area contributed by atoms with Crippen LogP contribution in [0, 0.1) is 0 Å². The summed E-state index contributed by atoms with van der Waals surface area (Å²) in [5.74, 6) is 0. The summed E-state index contributed by atoms with van der Waals surface area (Å²) in [6.07, 6.45) is 0. The number of sulfonamides is 1. The lowest BCUT2D eigenvalue weighted by Gasteiger charge is -2.15. The van der Waals surface area contributed by atoms with Gasteiger partial charge in [0.1, 0.15) is 4.90 Å². The fourth-order valence-electron chi connectivity index (χ4n) is 1.84. The largest absolute Gasteiger partial charge is 0.398 e. The molecule has 0 aliphatic carbocycles. The van der Waals surface area contributed by atoms with Crippen molar-refractivity contribution < 1.29 is 8.42 Å². The van der Waals surface area contributed by atoms with Crippen LogP contribution in [0.1, 0.15) is 18.5 Å². The van der Waals surface area contributed by atoms with Gasteiger partial charge < -0.3 is 5.73 Å². The van der Waals surface area contributed by atoms with Crippen LogP contribution < -0.4 is 10.5 Å². The van der Waals surface area contributed by atoms with E-state index in [4.69, 9.17) is 5.73 Å². The highest BCUT2D eigenvalue weighted by molar-refractivity contribution is 9.10. The third kappa shape index (κ3) is 3.39. The van der Waals surface area contributed by atoms with E-state index in [1.807, 2.05) is 24.3 Å². The molecule has 0 bridgehead atoms. The van der Waals surface area contributed by atoms with Crippen LogP contribution in [-0.2, 0) is 10.0 Å². The van der Waals surface area contributed by atoms with Crippen LogP contribution >= 0.6 is 15.9 Å². The van der Waals surface area contributed by atoms with Gasteiger partial charge >= 0.3 is 0 Å². The van der Waals surface area contributed by atoms with E-state index in [-0.39, 0.29) is 16.6 Å². The molecule has 0 heterocycles. The van der Waals surface area contributed by atoms with Crippen molar-refractivity contribution in [3.05, 3.63) is 58.6 Å². The van der Waals surface area contributed by atoms with Gasteiger partial charge in [-0.25, -0.2) is 13.1 Å². The second-order valence-corrected chi connectivity index (χ2v) is 7.03. The van der Waals surface area contributed by atoms with Crippen molar-refractivity contribution >= 4 is 31.6 Å². The van der Waals surface area contributed by atoms with E-state index in [0.717, 1.165) is 10.0 Å². The van der Waals surface area contributed by atoms with Crippen LogP contribution in [-0.4, -0.2) is 8.42 Å². The quantitative estimate of drug-likeness (QED) is 0.828. The van der Waals surface area contributed by atoms with Crippen LogP contribution in [0.2, 0.25) is 0 Å². The van der Waals surface area contributed by atoms with Gasteiger partial charge in [-0.1, -0.05) is 40.2 Å². The van der Waals surface area contributed by atoms with Crippen molar-refractivity contribution in [1.82, 2.24) is 4.72 Å². The van der Waals surface area contributed by atoms with E-state index in [9.17, 15) is 8.42 Å². The van der Waals surface area contributed by atoms with Gasteiger partial charge in [-0.2, -0.15) is 0 Å². The molecule has 6 heteroatoms. The lowest BCUT2D eigenvalue weighted by atomic mass is 10.1. The smallest absolute Gasteiger partial charge is 0.243 e. The molecule has 0 amide bonds. The van der Waals surface area contributed by atoms with Gasteiger partial charge in [0, 0.05) is 10.5 Å². The lowest BCUT2D eigenvalue weighted by Crippen LogP contribution is -2.27. The van der Waals surface area contributed by atoms with E-state index >= 15 is 0 Å². The molecule has 2 aromatic carbocycles. The van der Waals surface area contributed by atoms with E-state index in [0.29, 0.717) is 0 Å². The van der Waals surface area contributed by atoms with Crippen LogP contribution in [0.4, 0.5) is 5.69 Å². The first-order chi connectivity index (χ1) is 9.40. The van der Waals surface area contributed by atoms with E-state index < -0.39 is 10.0 Å². The Morgan fingerprint density at radius 1 is 1.10 bits per heavy atom. The molecule has 2 rings (SSSR count). The highest BCUT2D eigenvalue weighted by Gasteiger charge is 2.20. The summed E-state index contributed by atoms with van der Waals surface area (Å²) in [6, 6.07) is 13.5. The molecule has 0 unspecified atom stereocenters. The summed E-state index contributed by atoms with van der Waals surface area (Å²) in [4.78, 5) is 0.101. The van der Waals surface area contributed by atoms with Gasteiger partial charge in [0.25, 0.3) is 0 Å². The Labute approximate surface area is 127 Å². The molecule has 0 radical (unpaired) electrons. The van der Waals surface area contributed by atoms with Crippen LogP contribution in [0.25, 0.3) is 0 Å². The minimum absolute atomic E-state index is 0.101. The molecular formula is C14H15BrN2O2S. The normalized spacial score (nSPS) is 13.1. The predicted octanol–water partition coefficient (Wildman–Crippen LogP) is 3.07. The highest BCUT2D eigenvalue weighted by atomic mass is 79.9. The average Bonchev–Trinajstić information content (AvgIpc) is 2.39. The molecule has 2 aromatic rings. The van der Waals surface area contributed by atoms with Gasteiger partial charge in [-0.05, 0) is 36.8 Å². The van der Waals surface area contributed by atoms with Crippen molar-refractivity contribution in [2.75, 3.05) is 5.73 Å². The van der Waals surface area contributed by atoms with Gasteiger partial charge in [-0.15, -0.1) is 0 Å². The second kappa shape index (κ2) is 5.95. The minimum atomic E-state index is -3.64. The lowest BCUT2D eigenvalue weighted by molar-refractivity contribution is 0.567. The number of para-hydroxylation sites is 1. The topological polar surface area (TPSA) is 72.2 Å². The first kappa shape index (κ1) is 15.0. The molecule has 1 atom stereocenters. The number of nitrogens with one attached hydrogen (secondary N) is 1. The molecule has 0 aliphatic heterocycles. The number of benzene rings is 2. The van der Waals surface area contributed by atoms with Crippen LogP contribution in [0.3, 0.4) is 0 Å². The molecule has 0 fully saturated rings. The third-order valence-electron chi connectivity index (χ3n) is 2.91. The molecule has 4 nitrogen and oxygen atoms in total.